The molecule has 2 aromatic carbocycles. The quantitative estimate of drug-likeness (QED) is 0.581. The Kier molecular flexibility index (Phi) is 4.52. The summed E-state index contributed by atoms with van der Waals surface area (Å²) in [5.41, 5.74) is 2.76. The van der Waals surface area contributed by atoms with Gasteiger partial charge in [-0.05, 0) is 12.1 Å². The molecule has 5 rings (SSSR count). The lowest BCUT2D eigenvalue weighted by atomic mass is 9.94. The Bertz CT molecular complexity index is 1260. The number of hydrogen-bond acceptors (Lipinski definition) is 5. The number of aromatic nitrogens is 2. The standard InChI is InChI=1S/C21H18BN3O4S/c22-16-6-2-3-7-17(16)25-20-14-5-1-4-8-18(14)30(27,28)13-15(20)19(23-25)21(26)24-9-11-29-12-10-24/h1-8H,9-13H2. The predicted molar refractivity (Wildman–Crippen MR) is 112 cm³/mol. The molecule has 1 fully saturated rings. The summed E-state index contributed by atoms with van der Waals surface area (Å²) in [4.78, 5) is 15.2. The van der Waals surface area contributed by atoms with Crippen molar-refractivity contribution in [3.05, 3.63) is 59.8 Å². The fourth-order valence-electron chi connectivity index (χ4n) is 4.01. The Morgan fingerprint density at radius 1 is 1.03 bits per heavy atom. The zero-order valence-corrected chi connectivity index (χ0v) is 16.9. The van der Waals surface area contributed by atoms with E-state index in [4.69, 9.17) is 12.6 Å². The van der Waals surface area contributed by atoms with E-state index in [1.165, 1.54) is 0 Å². The lowest BCUT2D eigenvalue weighted by Crippen LogP contribution is -2.41. The molecule has 2 aliphatic heterocycles. The molecule has 7 nitrogen and oxygen atoms in total. The third-order valence-corrected chi connectivity index (χ3v) is 7.16. The van der Waals surface area contributed by atoms with Crippen LogP contribution in [0.25, 0.3) is 16.9 Å². The molecule has 0 saturated carbocycles. The minimum absolute atomic E-state index is 0.147. The first-order valence-corrected chi connectivity index (χ1v) is 11.3. The number of hydrogen-bond donors (Lipinski definition) is 0. The Hall–Kier alpha value is -2.91. The van der Waals surface area contributed by atoms with Gasteiger partial charge in [-0.15, -0.1) is 0 Å². The van der Waals surface area contributed by atoms with E-state index in [1.54, 1.807) is 46.0 Å². The molecule has 3 aromatic rings. The molecule has 2 aliphatic rings. The summed E-state index contributed by atoms with van der Waals surface area (Å²) in [7, 11) is 2.60. The molecular weight excluding hydrogens is 401 g/mol. The highest BCUT2D eigenvalue weighted by Gasteiger charge is 2.37. The summed E-state index contributed by atoms with van der Waals surface area (Å²) in [5.74, 6) is -0.574. The van der Waals surface area contributed by atoms with E-state index in [1.807, 2.05) is 12.1 Å². The third kappa shape index (κ3) is 2.97. The number of benzene rings is 2. The maximum absolute atomic E-state index is 13.3. The van der Waals surface area contributed by atoms with Gasteiger partial charge in [0.05, 0.1) is 35.2 Å². The second-order valence-electron chi connectivity index (χ2n) is 7.31. The van der Waals surface area contributed by atoms with Crippen LogP contribution in [0, 0.1) is 0 Å². The van der Waals surface area contributed by atoms with E-state index in [2.05, 4.69) is 5.10 Å². The van der Waals surface area contributed by atoms with Gasteiger partial charge < -0.3 is 9.64 Å². The number of amides is 1. The highest BCUT2D eigenvalue weighted by atomic mass is 32.2. The van der Waals surface area contributed by atoms with Gasteiger partial charge in [0.2, 0.25) is 0 Å². The molecule has 0 spiro atoms. The molecule has 0 bridgehead atoms. The SMILES string of the molecule is [B]c1ccccc1-n1nc(C(=O)N2CCOCC2)c2c1-c1ccccc1S(=O)(=O)C2. The number of nitrogens with zero attached hydrogens (tertiary/aromatic N) is 3. The molecule has 0 atom stereocenters. The van der Waals surface area contributed by atoms with E-state index in [0.717, 1.165) is 0 Å². The number of rotatable bonds is 2. The number of para-hydroxylation sites is 1. The van der Waals surface area contributed by atoms with E-state index in [9.17, 15) is 13.2 Å². The normalized spacial score (nSPS) is 17.3. The van der Waals surface area contributed by atoms with Gasteiger partial charge in [-0.25, -0.2) is 13.1 Å². The van der Waals surface area contributed by atoms with Crippen LogP contribution >= 0.6 is 0 Å². The van der Waals surface area contributed by atoms with Crippen LogP contribution in [0.2, 0.25) is 0 Å². The second kappa shape index (κ2) is 7.10. The molecular formula is C21H18BN3O4S. The van der Waals surface area contributed by atoms with Gasteiger partial charge in [0.25, 0.3) is 5.91 Å². The molecule has 1 saturated heterocycles. The van der Waals surface area contributed by atoms with Crippen LogP contribution in [0.15, 0.2) is 53.4 Å². The third-order valence-electron chi connectivity index (χ3n) is 5.46. The Morgan fingerprint density at radius 3 is 2.50 bits per heavy atom. The fourth-order valence-corrected chi connectivity index (χ4v) is 5.60. The number of fused-ring (bicyclic) bond motifs is 3. The molecule has 9 heteroatoms. The first kappa shape index (κ1) is 19.1. The summed E-state index contributed by atoms with van der Waals surface area (Å²) in [6, 6.07) is 14.0. The molecule has 3 heterocycles. The van der Waals surface area contributed by atoms with Crippen molar-refractivity contribution in [1.29, 1.82) is 0 Å². The smallest absolute Gasteiger partial charge is 0.274 e. The predicted octanol–water partition coefficient (Wildman–Crippen LogP) is 1.09. The second-order valence-corrected chi connectivity index (χ2v) is 9.26. The van der Waals surface area contributed by atoms with Gasteiger partial charge in [-0.1, -0.05) is 41.9 Å². The van der Waals surface area contributed by atoms with Gasteiger partial charge in [-0.2, -0.15) is 5.10 Å². The summed E-state index contributed by atoms with van der Waals surface area (Å²) in [5, 5.41) is 4.60. The largest absolute Gasteiger partial charge is 0.378 e. The van der Waals surface area contributed by atoms with Crippen LogP contribution in [0.5, 0.6) is 0 Å². The Balaban J connectivity index is 1.78. The molecule has 1 amide bonds. The van der Waals surface area contributed by atoms with Crippen molar-refractivity contribution in [2.24, 2.45) is 0 Å². The number of carbonyl (C=O) groups is 1. The Labute approximate surface area is 175 Å². The molecule has 2 radical (unpaired) electrons. The number of ether oxygens (including phenoxy) is 1. The van der Waals surface area contributed by atoms with Crippen molar-refractivity contribution in [3.8, 4) is 16.9 Å². The highest BCUT2D eigenvalue weighted by molar-refractivity contribution is 7.90. The molecule has 0 aliphatic carbocycles. The monoisotopic (exact) mass is 419 g/mol. The summed E-state index contributed by atoms with van der Waals surface area (Å²) in [6.07, 6.45) is 0. The van der Waals surface area contributed by atoms with Crippen molar-refractivity contribution in [2.75, 3.05) is 26.3 Å². The fraction of sp³-hybridized carbons (Fsp3) is 0.238. The number of carbonyl (C=O) groups excluding carboxylic acids is 1. The minimum atomic E-state index is -3.60. The van der Waals surface area contributed by atoms with Gasteiger partial charge in [0.1, 0.15) is 7.85 Å². The lowest BCUT2D eigenvalue weighted by Gasteiger charge is -2.26. The zero-order valence-electron chi connectivity index (χ0n) is 16.1. The van der Waals surface area contributed by atoms with E-state index in [0.29, 0.717) is 54.3 Å². The van der Waals surface area contributed by atoms with E-state index < -0.39 is 9.84 Å². The van der Waals surface area contributed by atoms with Crippen LogP contribution in [-0.2, 0) is 20.3 Å². The van der Waals surface area contributed by atoms with Gasteiger partial charge >= 0.3 is 0 Å². The van der Waals surface area contributed by atoms with Gasteiger partial charge in [0, 0.05) is 24.2 Å². The van der Waals surface area contributed by atoms with Gasteiger partial charge in [-0.3, -0.25) is 4.79 Å². The maximum Gasteiger partial charge on any atom is 0.274 e. The van der Waals surface area contributed by atoms with Gasteiger partial charge in [0.15, 0.2) is 15.5 Å². The van der Waals surface area contributed by atoms with Crippen molar-refractivity contribution >= 4 is 29.1 Å². The topological polar surface area (TPSA) is 81.5 Å². The summed E-state index contributed by atoms with van der Waals surface area (Å²) >= 11 is 0. The molecule has 0 N–H and O–H groups in total. The summed E-state index contributed by atoms with van der Waals surface area (Å²) in [6.45, 7) is 1.78. The zero-order chi connectivity index (χ0) is 20.9. The van der Waals surface area contributed by atoms with Crippen LogP contribution in [0.3, 0.4) is 0 Å². The first-order valence-electron chi connectivity index (χ1n) is 9.63. The number of sulfone groups is 1. The van der Waals surface area contributed by atoms with Crippen molar-refractivity contribution < 1.29 is 17.9 Å². The average molecular weight is 419 g/mol. The van der Waals surface area contributed by atoms with Crippen molar-refractivity contribution in [3.63, 3.8) is 0 Å². The van der Waals surface area contributed by atoms with Crippen molar-refractivity contribution in [1.82, 2.24) is 14.7 Å². The van der Waals surface area contributed by atoms with Crippen LogP contribution in [-0.4, -0.2) is 63.2 Å². The van der Waals surface area contributed by atoms with E-state index >= 15 is 0 Å². The highest BCUT2D eigenvalue weighted by Crippen LogP contribution is 2.40. The maximum atomic E-state index is 13.3. The van der Waals surface area contributed by atoms with Crippen LogP contribution < -0.4 is 5.46 Å². The molecule has 30 heavy (non-hydrogen) atoms. The first-order chi connectivity index (χ1) is 14.5. The molecule has 0 unspecified atom stereocenters. The molecule has 150 valence electrons. The lowest BCUT2D eigenvalue weighted by molar-refractivity contribution is 0.0298. The number of morpholine rings is 1. The average Bonchev–Trinajstić information content (AvgIpc) is 3.12. The minimum Gasteiger partial charge on any atom is -0.378 e. The van der Waals surface area contributed by atoms with Crippen molar-refractivity contribution in [2.45, 2.75) is 10.6 Å². The molecule has 1 aromatic heterocycles. The summed E-state index contributed by atoms with van der Waals surface area (Å²) < 4.78 is 32.9. The van der Waals surface area contributed by atoms with E-state index in [-0.39, 0.29) is 22.2 Å². The van der Waals surface area contributed by atoms with Crippen LogP contribution in [0.4, 0.5) is 0 Å². The Morgan fingerprint density at radius 2 is 1.73 bits per heavy atom. The van der Waals surface area contributed by atoms with Crippen LogP contribution in [0.1, 0.15) is 16.1 Å².